The van der Waals surface area contributed by atoms with E-state index in [9.17, 15) is 4.79 Å². The number of halogens is 2. The Bertz CT molecular complexity index is 543. The van der Waals surface area contributed by atoms with E-state index in [1.807, 2.05) is 13.8 Å². The van der Waals surface area contributed by atoms with Gasteiger partial charge in [0.1, 0.15) is 5.75 Å². The van der Waals surface area contributed by atoms with Crippen molar-refractivity contribution in [2.24, 2.45) is 5.92 Å². The Hall–Kier alpha value is -1.44. The van der Waals surface area contributed by atoms with Crippen LogP contribution in [0, 0.1) is 17.2 Å². The van der Waals surface area contributed by atoms with E-state index in [0.29, 0.717) is 22.2 Å². The summed E-state index contributed by atoms with van der Waals surface area (Å²) in [6.07, 6.45) is -0.305. The van der Waals surface area contributed by atoms with Crippen molar-refractivity contribution < 1.29 is 9.53 Å². The van der Waals surface area contributed by atoms with Gasteiger partial charge in [-0.2, -0.15) is 5.26 Å². The molecule has 114 valence electrons. The lowest BCUT2D eigenvalue weighted by Gasteiger charge is -2.22. The van der Waals surface area contributed by atoms with Crippen LogP contribution in [0.5, 0.6) is 5.75 Å². The number of rotatable bonds is 6. The molecule has 1 aromatic carbocycles. The molecule has 0 saturated heterocycles. The minimum atomic E-state index is -0.694. The molecule has 0 bridgehead atoms. The highest BCUT2D eigenvalue weighted by Crippen LogP contribution is 2.28. The molecule has 0 aromatic heterocycles. The zero-order valence-corrected chi connectivity index (χ0v) is 13.7. The lowest BCUT2D eigenvalue weighted by molar-refractivity contribution is -0.128. The number of nitriles is 1. The van der Waals surface area contributed by atoms with E-state index >= 15 is 0 Å². The maximum Gasteiger partial charge on any atom is 0.260 e. The summed E-state index contributed by atoms with van der Waals surface area (Å²) < 4.78 is 5.53. The van der Waals surface area contributed by atoms with Gasteiger partial charge >= 0.3 is 0 Å². The number of amides is 1. The lowest BCUT2D eigenvalue weighted by Crippen LogP contribution is -2.43. The summed E-state index contributed by atoms with van der Waals surface area (Å²) in [6.45, 7) is 5.42. The second-order valence-corrected chi connectivity index (χ2v) is 5.82. The van der Waals surface area contributed by atoms with Gasteiger partial charge < -0.3 is 10.1 Å². The van der Waals surface area contributed by atoms with Crippen LogP contribution in [0.3, 0.4) is 0 Å². The molecule has 0 aliphatic rings. The monoisotopic (exact) mass is 328 g/mol. The highest BCUT2D eigenvalue weighted by atomic mass is 35.5. The fraction of sp³-hybridized carbons (Fsp3) is 0.467. The number of nitrogens with one attached hydrogen (secondary N) is 1. The smallest absolute Gasteiger partial charge is 0.260 e. The van der Waals surface area contributed by atoms with Gasteiger partial charge in [0.25, 0.3) is 5.91 Å². The van der Waals surface area contributed by atoms with Gasteiger partial charge in [0.05, 0.1) is 11.1 Å². The Kier molecular flexibility index (Phi) is 6.80. The highest BCUT2D eigenvalue weighted by Gasteiger charge is 2.20. The van der Waals surface area contributed by atoms with E-state index in [1.54, 1.807) is 25.1 Å². The van der Waals surface area contributed by atoms with Crippen molar-refractivity contribution >= 4 is 29.1 Å². The Morgan fingerprint density at radius 3 is 2.62 bits per heavy atom. The van der Waals surface area contributed by atoms with Crippen LogP contribution >= 0.6 is 23.2 Å². The average Bonchev–Trinajstić information content (AvgIpc) is 2.41. The first-order valence-corrected chi connectivity index (χ1v) is 7.39. The number of hydrogen-bond donors (Lipinski definition) is 1. The largest absolute Gasteiger partial charge is 0.479 e. The average molecular weight is 329 g/mol. The predicted molar refractivity (Wildman–Crippen MR) is 83.6 cm³/mol. The molecule has 1 N–H and O–H groups in total. The van der Waals surface area contributed by atoms with Gasteiger partial charge in [-0.1, -0.05) is 30.1 Å². The molecule has 0 aliphatic heterocycles. The fourth-order valence-corrected chi connectivity index (χ4v) is 2.07. The Morgan fingerprint density at radius 1 is 1.38 bits per heavy atom. The number of carbonyl (C=O) groups is 1. The molecule has 0 spiro atoms. The fourth-order valence-electron chi connectivity index (χ4n) is 1.62. The molecule has 1 amide bonds. The summed E-state index contributed by atoms with van der Waals surface area (Å²) in [7, 11) is 0. The highest BCUT2D eigenvalue weighted by molar-refractivity contribution is 6.35. The number of ether oxygens (including phenoxy) is 1. The molecule has 0 radical (unpaired) electrons. The van der Waals surface area contributed by atoms with Crippen LogP contribution in [-0.4, -0.2) is 18.1 Å². The molecule has 0 heterocycles. The zero-order valence-electron chi connectivity index (χ0n) is 12.2. The lowest BCUT2D eigenvalue weighted by atomic mass is 10.0. The topological polar surface area (TPSA) is 62.1 Å². The third-order valence-corrected chi connectivity index (χ3v) is 3.73. The van der Waals surface area contributed by atoms with Gasteiger partial charge in [-0.25, -0.2) is 0 Å². The molecule has 4 nitrogen and oxygen atoms in total. The van der Waals surface area contributed by atoms with Crippen LogP contribution in [0.4, 0.5) is 0 Å². The van der Waals surface area contributed by atoms with Gasteiger partial charge in [0.15, 0.2) is 6.10 Å². The van der Waals surface area contributed by atoms with Crippen LogP contribution in [0.15, 0.2) is 18.2 Å². The van der Waals surface area contributed by atoms with Gasteiger partial charge in [0.2, 0.25) is 0 Å². The predicted octanol–water partition coefficient (Wildman–Crippen LogP) is 3.82. The first-order chi connectivity index (χ1) is 9.85. The zero-order chi connectivity index (χ0) is 16.0. The normalized spacial score (nSPS) is 14.7. The molecule has 0 aliphatic carbocycles. The van der Waals surface area contributed by atoms with Crippen molar-refractivity contribution in [2.75, 3.05) is 0 Å². The summed E-state index contributed by atoms with van der Waals surface area (Å²) in [5.41, 5.74) is 0. The van der Waals surface area contributed by atoms with E-state index in [4.69, 9.17) is 33.2 Å². The minimum absolute atomic E-state index is 0.0743. The van der Waals surface area contributed by atoms with Crippen molar-refractivity contribution in [3.05, 3.63) is 28.2 Å². The standard InChI is InChI=1S/C15H18Cl2N2O2/c1-9(6-7-18)10(2)19-15(20)11(3)21-14-5-4-12(16)8-13(14)17/h4-5,8-11H,6H2,1-3H3,(H,19,20). The molecule has 0 fully saturated rings. The first-order valence-electron chi connectivity index (χ1n) is 6.64. The van der Waals surface area contributed by atoms with E-state index < -0.39 is 6.10 Å². The van der Waals surface area contributed by atoms with E-state index in [-0.39, 0.29) is 17.9 Å². The second-order valence-electron chi connectivity index (χ2n) is 4.97. The summed E-state index contributed by atoms with van der Waals surface area (Å²) in [5.74, 6) is 0.227. The molecule has 6 heteroatoms. The summed E-state index contributed by atoms with van der Waals surface area (Å²) in [4.78, 5) is 12.1. The summed E-state index contributed by atoms with van der Waals surface area (Å²) in [6, 6.07) is 6.80. The van der Waals surface area contributed by atoms with Crippen molar-refractivity contribution in [1.29, 1.82) is 5.26 Å². The van der Waals surface area contributed by atoms with Crippen molar-refractivity contribution in [1.82, 2.24) is 5.32 Å². The van der Waals surface area contributed by atoms with E-state index in [1.165, 1.54) is 0 Å². The van der Waals surface area contributed by atoms with E-state index in [2.05, 4.69) is 11.4 Å². The van der Waals surface area contributed by atoms with Crippen LogP contribution < -0.4 is 10.1 Å². The maximum atomic E-state index is 12.1. The Morgan fingerprint density at radius 2 is 2.05 bits per heavy atom. The summed E-state index contributed by atoms with van der Waals surface area (Å²) in [5, 5.41) is 12.4. The van der Waals surface area contributed by atoms with Crippen molar-refractivity contribution in [3.63, 3.8) is 0 Å². The third-order valence-electron chi connectivity index (χ3n) is 3.20. The Labute approximate surface area is 135 Å². The Balaban J connectivity index is 2.61. The molecule has 0 saturated carbocycles. The van der Waals surface area contributed by atoms with Gasteiger partial charge in [0, 0.05) is 17.5 Å². The quantitative estimate of drug-likeness (QED) is 0.863. The molecule has 21 heavy (non-hydrogen) atoms. The third kappa shape index (κ3) is 5.45. The SMILES string of the molecule is CC(Oc1ccc(Cl)cc1Cl)C(=O)NC(C)C(C)CC#N. The van der Waals surface area contributed by atoms with Gasteiger partial charge in [-0.05, 0) is 38.0 Å². The van der Waals surface area contributed by atoms with Crippen LogP contribution in [0.1, 0.15) is 27.2 Å². The van der Waals surface area contributed by atoms with Gasteiger partial charge in [-0.3, -0.25) is 4.79 Å². The second kappa shape index (κ2) is 8.11. The van der Waals surface area contributed by atoms with E-state index in [0.717, 1.165) is 0 Å². The molecule has 1 rings (SSSR count). The van der Waals surface area contributed by atoms with Crippen molar-refractivity contribution in [2.45, 2.75) is 39.3 Å². The first kappa shape index (κ1) is 17.6. The molecule has 1 aromatic rings. The number of carbonyl (C=O) groups excluding carboxylic acids is 1. The maximum absolute atomic E-state index is 12.1. The van der Waals surface area contributed by atoms with Crippen LogP contribution in [0.2, 0.25) is 10.0 Å². The number of hydrogen-bond acceptors (Lipinski definition) is 3. The van der Waals surface area contributed by atoms with Crippen LogP contribution in [-0.2, 0) is 4.79 Å². The minimum Gasteiger partial charge on any atom is -0.479 e. The number of benzene rings is 1. The number of nitrogens with zero attached hydrogens (tertiary/aromatic N) is 1. The molecule has 3 atom stereocenters. The summed E-state index contributed by atoms with van der Waals surface area (Å²) >= 11 is 11.8. The molecular weight excluding hydrogens is 311 g/mol. The van der Waals surface area contributed by atoms with Gasteiger partial charge in [-0.15, -0.1) is 0 Å². The van der Waals surface area contributed by atoms with Crippen LogP contribution in [0.25, 0.3) is 0 Å². The van der Waals surface area contributed by atoms with Crippen molar-refractivity contribution in [3.8, 4) is 11.8 Å². The molecular formula is C15H18Cl2N2O2. The molecule has 3 unspecified atom stereocenters.